The third kappa shape index (κ3) is 9.27. The van der Waals surface area contributed by atoms with E-state index in [1.165, 1.54) is 4.90 Å². The highest BCUT2D eigenvalue weighted by molar-refractivity contribution is 5.98. The van der Waals surface area contributed by atoms with Crippen LogP contribution in [0.3, 0.4) is 0 Å². The number of aromatic hydroxyl groups is 1. The van der Waals surface area contributed by atoms with Gasteiger partial charge in [-0.25, -0.2) is 4.79 Å². The maximum atomic E-state index is 13.9. The number of phenolic OH excluding ortho intramolecular Hbond substituents is 1. The molecular formula is C38H41N5O6. The van der Waals surface area contributed by atoms with Crippen LogP contribution in [0.2, 0.25) is 0 Å². The molecule has 1 fully saturated rings. The number of hydrogen-bond donors (Lipinski definition) is 3. The monoisotopic (exact) mass is 663 g/mol. The van der Waals surface area contributed by atoms with Gasteiger partial charge in [-0.1, -0.05) is 53.8 Å². The van der Waals surface area contributed by atoms with E-state index in [0.717, 1.165) is 11.1 Å². The van der Waals surface area contributed by atoms with Gasteiger partial charge in [0.25, 0.3) is 0 Å². The van der Waals surface area contributed by atoms with Gasteiger partial charge in [0.1, 0.15) is 29.1 Å². The van der Waals surface area contributed by atoms with Crippen LogP contribution in [0.15, 0.2) is 79.0 Å². The molecule has 11 nitrogen and oxygen atoms in total. The SMILES string of the molecule is Cc1ccc(O)c(-c2nn(C)cc2C#Cc2ccc(NC(=O)[C@@H]3COCCN3C(=O)[C@@H](Cc3ccccc3)NC(=O)OC(C)(C)C)cc2)c1. The first-order chi connectivity index (χ1) is 23.4. The molecule has 2 heterocycles. The van der Waals surface area contributed by atoms with Crippen LogP contribution < -0.4 is 10.6 Å². The lowest BCUT2D eigenvalue weighted by Crippen LogP contribution is -2.60. The summed E-state index contributed by atoms with van der Waals surface area (Å²) in [6.07, 6.45) is 1.30. The van der Waals surface area contributed by atoms with Crippen molar-refractivity contribution < 1.29 is 29.0 Å². The fourth-order valence-electron chi connectivity index (χ4n) is 5.40. The number of morpholine rings is 1. The second kappa shape index (κ2) is 15.1. The highest BCUT2D eigenvalue weighted by Crippen LogP contribution is 2.31. The number of carbonyl (C=O) groups excluding carboxylic acids is 3. The molecule has 1 aromatic heterocycles. The minimum Gasteiger partial charge on any atom is -0.507 e. The van der Waals surface area contributed by atoms with Gasteiger partial charge >= 0.3 is 6.09 Å². The number of anilines is 1. The fourth-order valence-corrected chi connectivity index (χ4v) is 5.40. The third-order valence-electron chi connectivity index (χ3n) is 7.72. The number of hydrogen-bond acceptors (Lipinski definition) is 7. The van der Waals surface area contributed by atoms with Gasteiger partial charge < -0.3 is 30.1 Å². The van der Waals surface area contributed by atoms with E-state index in [9.17, 15) is 19.5 Å². The number of nitrogens with zero attached hydrogens (tertiary/aromatic N) is 3. The molecule has 0 saturated carbocycles. The molecule has 0 aliphatic carbocycles. The first-order valence-electron chi connectivity index (χ1n) is 16.0. The van der Waals surface area contributed by atoms with Crippen molar-refractivity contribution >= 4 is 23.6 Å². The minimum absolute atomic E-state index is 0.00949. The van der Waals surface area contributed by atoms with Crippen LogP contribution in [-0.4, -0.2) is 75.1 Å². The van der Waals surface area contributed by atoms with E-state index in [-0.39, 0.29) is 31.9 Å². The van der Waals surface area contributed by atoms with Gasteiger partial charge in [-0.15, -0.1) is 0 Å². The number of carbonyl (C=O) groups is 3. The molecule has 2 atom stereocenters. The smallest absolute Gasteiger partial charge is 0.408 e. The van der Waals surface area contributed by atoms with Crippen molar-refractivity contribution in [2.24, 2.45) is 7.05 Å². The van der Waals surface area contributed by atoms with Crippen molar-refractivity contribution in [1.29, 1.82) is 0 Å². The first-order valence-corrected chi connectivity index (χ1v) is 16.0. The molecule has 49 heavy (non-hydrogen) atoms. The molecule has 3 amide bonds. The van der Waals surface area contributed by atoms with Gasteiger partial charge in [0.2, 0.25) is 11.8 Å². The van der Waals surface area contributed by atoms with E-state index < -0.39 is 35.6 Å². The Hall–Kier alpha value is -5.60. The predicted molar refractivity (Wildman–Crippen MR) is 186 cm³/mol. The molecule has 1 aliphatic heterocycles. The van der Waals surface area contributed by atoms with Gasteiger partial charge in [0.05, 0.1) is 18.8 Å². The molecule has 4 aromatic rings. The van der Waals surface area contributed by atoms with Crippen LogP contribution in [0.5, 0.6) is 5.75 Å². The van der Waals surface area contributed by atoms with E-state index in [1.54, 1.807) is 69.0 Å². The summed E-state index contributed by atoms with van der Waals surface area (Å²) >= 11 is 0. The molecule has 254 valence electrons. The Balaban J connectivity index is 1.29. The highest BCUT2D eigenvalue weighted by Gasteiger charge is 2.37. The lowest BCUT2D eigenvalue weighted by Gasteiger charge is -2.37. The quantitative estimate of drug-likeness (QED) is 0.242. The molecule has 1 saturated heterocycles. The van der Waals surface area contributed by atoms with E-state index in [0.29, 0.717) is 28.1 Å². The lowest BCUT2D eigenvalue weighted by molar-refractivity contribution is -0.148. The largest absolute Gasteiger partial charge is 0.507 e. The maximum absolute atomic E-state index is 13.9. The van der Waals surface area contributed by atoms with Crippen molar-refractivity contribution in [3.05, 3.63) is 101 Å². The average Bonchev–Trinajstić information content (AvgIpc) is 3.44. The van der Waals surface area contributed by atoms with Crippen molar-refractivity contribution in [1.82, 2.24) is 20.0 Å². The molecule has 0 spiro atoms. The van der Waals surface area contributed by atoms with Crippen molar-refractivity contribution in [2.45, 2.75) is 51.8 Å². The maximum Gasteiger partial charge on any atom is 0.408 e. The standard InChI is InChI=1S/C38H41N5O6/c1-25-11-18-33(44)30(21-25)34-28(23-42(5)41-34)15-12-26-13-16-29(17-14-26)39-35(45)32-24-48-20-19-43(32)36(46)31(22-27-9-7-6-8-10-27)40-37(47)49-38(2,3)4/h6-11,13-14,16-18,21,23,31-32,44H,19-20,22,24H2,1-5H3,(H,39,45)(H,40,47)/t31-,32+/m1/s1. The molecule has 11 heteroatoms. The molecular weight excluding hydrogens is 622 g/mol. The molecule has 3 aromatic carbocycles. The Morgan fingerprint density at radius 1 is 1.06 bits per heavy atom. The second-order valence-corrected chi connectivity index (χ2v) is 12.9. The Morgan fingerprint density at radius 2 is 1.80 bits per heavy atom. The number of aryl methyl sites for hydroxylation is 2. The van der Waals surface area contributed by atoms with Crippen LogP contribution in [0.4, 0.5) is 10.5 Å². The Bertz CT molecular complexity index is 1870. The number of amides is 3. The van der Waals surface area contributed by atoms with E-state index in [2.05, 4.69) is 27.6 Å². The van der Waals surface area contributed by atoms with Crippen LogP contribution in [0.1, 0.15) is 43.0 Å². The minimum atomic E-state index is -0.960. The van der Waals surface area contributed by atoms with Gasteiger partial charge in [0.15, 0.2) is 0 Å². The second-order valence-electron chi connectivity index (χ2n) is 12.9. The molecule has 5 rings (SSSR count). The zero-order chi connectivity index (χ0) is 35.1. The number of ether oxygens (including phenoxy) is 2. The summed E-state index contributed by atoms with van der Waals surface area (Å²) in [5.41, 5.74) is 4.17. The Labute approximate surface area is 286 Å². The number of rotatable bonds is 7. The van der Waals surface area contributed by atoms with Crippen LogP contribution in [-0.2, 0) is 32.5 Å². The van der Waals surface area contributed by atoms with Crippen LogP contribution in [0, 0.1) is 18.8 Å². The summed E-state index contributed by atoms with van der Waals surface area (Å²) in [6, 6.07) is 19.8. The van der Waals surface area contributed by atoms with Crippen molar-refractivity contribution in [3.63, 3.8) is 0 Å². The lowest BCUT2D eigenvalue weighted by atomic mass is 10.0. The Morgan fingerprint density at radius 3 is 2.51 bits per heavy atom. The molecule has 3 N–H and O–H groups in total. The number of phenols is 1. The van der Waals surface area contributed by atoms with Crippen LogP contribution >= 0.6 is 0 Å². The Kier molecular flexibility index (Phi) is 10.7. The van der Waals surface area contributed by atoms with Crippen molar-refractivity contribution in [3.8, 4) is 28.8 Å². The topological polar surface area (TPSA) is 135 Å². The fraction of sp³-hybridized carbons (Fsp3) is 0.316. The highest BCUT2D eigenvalue weighted by atomic mass is 16.6. The van der Waals surface area contributed by atoms with Crippen LogP contribution in [0.25, 0.3) is 11.3 Å². The first kappa shape index (κ1) is 34.7. The summed E-state index contributed by atoms with van der Waals surface area (Å²) < 4.78 is 12.7. The summed E-state index contributed by atoms with van der Waals surface area (Å²) in [5, 5.41) is 20.5. The van der Waals surface area contributed by atoms with E-state index >= 15 is 0 Å². The molecule has 0 unspecified atom stereocenters. The van der Waals surface area contributed by atoms with Gasteiger partial charge in [-0.2, -0.15) is 5.10 Å². The zero-order valence-corrected chi connectivity index (χ0v) is 28.3. The third-order valence-corrected chi connectivity index (χ3v) is 7.72. The summed E-state index contributed by atoms with van der Waals surface area (Å²) in [5.74, 6) is 5.58. The van der Waals surface area contributed by atoms with Crippen molar-refractivity contribution in [2.75, 3.05) is 25.1 Å². The van der Waals surface area contributed by atoms with E-state index in [4.69, 9.17) is 9.47 Å². The van der Waals surface area contributed by atoms with Gasteiger partial charge in [-0.3, -0.25) is 14.3 Å². The summed E-state index contributed by atoms with van der Waals surface area (Å²) in [6.45, 7) is 7.64. The number of aromatic nitrogens is 2. The molecule has 1 aliphatic rings. The van der Waals surface area contributed by atoms with E-state index in [1.807, 2.05) is 49.4 Å². The molecule has 0 radical (unpaired) electrons. The van der Waals surface area contributed by atoms with Gasteiger partial charge in [-0.05, 0) is 69.7 Å². The summed E-state index contributed by atoms with van der Waals surface area (Å²) in [4.78, 5) is 41.7. The normalized spacial score (nSPS) is 15.0. The average molecular weight is 664 g/mol. The number of nitrogens with one attached hydrogen (secondary N) is 2. The zero-order valence-electron chi connectivity index (χ0n) is 28.3. The number of benzene rings is 3. The van der Waals surface area contributed by atoms with Gasteiger partial charge in [0, 0.05) is 43.0 Å². The number of alkyl carbamates (subject to hydrolysis) is 1. The predicted octanol–water partition coefficient (Wildman–Crippen LogP) is 4.80. The summed E-state index contributed by atoms with van der Waals surface area (Å²) in [7, 11) is 1.80. The molecule has 0 bridgehead atoms.